The smallest absolute Gasteiger partial charge is 0.411 e. The molecule has 5 aromatic carbocycles. The zero-order valence-corrected chi connectivity index (χ0v) is 37.6. The standard InChI is InChI=1S/C52H58N6O8/c1-34(53-33-46(60)42-18-20-45(59)51-43(42)19-22-48(61)56-51)29-38-30-36(15-21-47(38)65-3)31-49(62)54-32-35-13-16-39(17-14-35)57(2)50(63)25-28-58-26-23-40(24-27-58)66-52(64)55-44-12-8-7-11-41(44)37-9-5-4-6-10-37/h4-22,30,34,40,46,53,59-60H,23-29,31-33H2,1-3H3,(H,54,62)(H,55,64)(H,56,61)/t34-,46+/m1/s1. The fraction of sp³-hybridized carbons (Fsp3) is 0.308. The van der Waals surface area contributed by atoms with Crippen molar-refractivity contribution in [1.82, 2.24) is 20.5 Å². The maximum atomic E-state index is 13.2. The van der Waals surface area contributed by atoms with Crippen LogP contribution in [0.3, 0.4) is 0 Å². The van der Waals surface area contributed by atoms with Crippen LogP contribution in [0.25, 0.3) is 22.0 Å². The molecule has 6 N–H and O–H groups in total. The van der Waals surface area contributed by atoms with E-state index in [-0.39, 0.29) is 53.8 Å². The van der Waals surface area contributed by atoms with Gasteiger partial charge < -0.3 is 45.1 Å². The number of para-hydroxylation sites is 1. The molecule has 1 aliphatic rings. The van der Waals surface area contributed by atoms with Crippen molar-refractivity contribution in [1.29, 1.82) is 0 Å². The van der Waals surface area contributed by atoms with Gasteiger partial charge in [-0.05, 0) is 90.4 Å². The third-order valence-electron chi connectivity index (χ3n) is 12.0. The molecule has 14 nitrogen and oxygen atoms in total. The minimum absolute atomic E-state index is 0.00473. The average Bonchev–Trinajstić information content (AvgIpc) is 3.33. The molecule has 66 heavy (non-hydrogen) atoms. The Morgan fingerprint density at radius 2 is 1.62 bits per heavy atom. The molecule has 14 heteroatoms. The highest BCUT2D eigenvalue weighted by molar-refractivity contribution is 5.93. The lowest BCUT2D eigenvalue weighted by Gasteiger charge is -2.31. The fourth-order valence-electron chi connectivity index (χ4n) is 8.33. The lowest BCUT2D eigenvalue weighted by Crippen LogP contribution is -2.40. The molecule has 0 aliphatic carbocycles. The molecule has 6 aromatic rings. The van der Waals surface area contributed by atoms with E-state index in [1.807, 2.05) is 104 Å². The quantitative estimate of drug-likeness (QED) is 0.0521. The Morgan fingerprint density at radius 3 is 2.38 bits per heavy atom. The predicted molar refractivity (Wildman–Crippen MR) is 257 cm³/mol. The molecule has 1 fully saturated rings. The molecule has 1 saturated heterocycles. The lowest BCUT2D eigenvalue weighted by atomic mass is 10.00. The number of fused-ring (bicyclic) bond motifs is 1. The van der Waals surface area contributed by atoms with Crippen LogP contribution in [0.1, 0.15) is 54.5 Å². The molecular formula is C52H58N6O8. The first-order valence-corrected chi connectivity index (χ1v) is 22.3. The SMILES string of the molecule is COc1ccc(CC(=O)NCc2ccc(N(C)C(=O)CCN3CCC(OC(=O)Nc4ccccc4-c4ccccc4)CC3)cc2)cc1C[C@@H](C)NC[C@H](O)c1ccc(O)c2[nH]c(=O)ccc12. The van der Waals surface area contributed by atoms with Crippen LogP contribution in [-0.2, 0) is 33.7 Å². The summed E-state index contributed by atoms with van der Waals surface area (Å²) in [5.74, 6) is 0.488. The van der Waals surface area contributed by atoms with Crippen LogP contribution in [0.2, 0.25) is 0 Å². The summed E-state index contributed by atoms with van der Waals surface area (Å²) in [6, 6.07) is 36.8. The fourth-order valence-corrected chi connectivity index (χ4v) is 8.33. The number of phenols is 1. The number of hydrogen-bond acceptors (Lipinski definition) is 10. The monoisotopic (exact) mass is 894 g/mol. The van der Waals surface area contributed by atoms with Gasteiger partial charge in [0.1, 0.15) is 17.6 Å². The van der Waals surface area contributed by atoms with Crippen LogP contribution in [0, 0.1) is 0 Å². The molecule has 0 saturated carbocycles. The number of aliphatic hydroxyl groups is 1. The Balaban J connectivity index is 0.812. The summed E-state index contributed by atoms with van der Waals surface area (Å²) < 4.78 is 11.4. The van der Waals surface area contributed by atoms with Crippen molar-refractivity contribution in [2.45, 2.75) is 63.8 Å². The second kappa shape index (κ2) is 22.3. The number of H-pyrrole nitrogens is 1. The number of aromatic hydroxyl groups is 1. The topological polar surface area (TPSA) is 186 Å². The zero-order valence-electron chi connectivity index (χ0n) is 37.6. The van der Waals surface area contributed by atoms with Gasteiger partial charge in [-0.2, -0.15) is 0 Å². The number of pyridine rings is 1. The van der Waals surface area contributed by atoms with Crippen molar-refractivity contribution in [2.24, 2.45) is 0 Å². The van der Waals surface area contributed by atoms with E-state index in [9.17, 15) is 29.4 Å². The molecule has 2 atom stereocenters. The molecule has 1 aromatic heterocycles. The minimum Gasteiger partial charge on any atom is -0.506 e. The van der Waals surface area contributed by atoms with E-state index in [0.29, 0.717) is 61.2 Å². The van der Waals surface area contributed by atoms with Gasteiger partial charge in [0.05, 0.1) is 30.8 Å². The third-order valence-corrected chi connectivity index (χ3v) is 12.0. The number of nitrogens with zero attached hydrogens (tertiary/aromatic N) is 2. The Hall–Kier alpha value is -7.00. The van der Waals surface area contributed by atoms with Crippen LogP contribution in [0.4, 0.5) is 16.2 Å². The number of carbonyl (C=O) groups is 3. The molecule has 1 aliphatic heterocycles. The largest absolute Gasteiger partial charge is 0.506 e. The van der Waals surface area contributed by atoms with Gasteiger partial charge in [-0.25, -0.2) is 4.79 Å². The van der Waals surface area contributed by atoms with E-state index in [1.54, 1.807) is 31.2 Å². The van der Waals surface area contributed by atoms with Crippen molar-refractivity contribution in [3.8, 4) is 22.6 Å². The van der Waals surface area contributed by atoms with Gasteiger partial charge in [0, 0.05) is 74.9 Å². The van der Waals surface area contributed by atoms with Gasteiger partial charge in [0.15, 0.2) is 0 Å². The Kier molecular flexibility index (Phi) is 15.8. The number of aromatic nitrogens is 1. The van der Waals surface area contributed by atoms with Gasteiger partial charge in [0.2, 0.25) is 17.4 Å². The van der Waals surface area contributed by atoms with Crippen molar-refractivity contribution < 1.29 is 34.1 Å². The summed E-state index contributed by atoms with van der Waals surface area (Å²) >= 11 is 0. The van der Waals surface area contributed by atoms with E-state index >= 15 is 0 Å². The van der Waals surface area contributed by atoms with Crippen molar-refractivity contribution >= 4 is 40.2 Å². The zero-order chi connectivity index (χ0) is 46.6. The van der Waals surface area contributed by atoms with E-state index in [2.05, 4.69) is 25.8 Å². The van der Waals surface area contributed by atoms with Crippen LogP contribution < -0.4 is 31.1 Å². The van der Waals surface area contributed by atoms with Gasteiger partial charge in [0.25, 0.3) is 0 Å². The molecule has 0 bridgehead atoms. The number of piperidine rings is 1. The van der Waals surface area contributed by atoms with Gasteiger partial charge in [-0.1, -0.05) is 78.9 Å². The molecule has 344 valence electrons. The summed E-state index contributed by atoms with van der Waals surface area (Å²) in [5.41, 5.74) is 6.56. The number of phenolic OH excluding ortho intramolecular Hbond substituents is 1. The highest BCUT2D eigenvalue weighted by Gasteiger charge is 2.24. The normalized spacial score (nSPS) is 14.0. The first-order valence-electron chi connectivity index (χ1n) is 22.3. The van der Waals surface area contributed by atoms with Crippen LogP contribution >= 0.6 is 0 Å². The maximum absolute atomic E-state index is 13.2. The number of likely N-dealkylation sites (tertiary alicyclic amines) is 1. The number of aliphatic hydroxyl groups excluding tert-OH is 1. The Labute approximate surface area is 384 Å². The summed E-state index contributed by atoms with van der Waals surface area (Å²) in [6.45, 7) is 4.62. The van der Waals surface area contributed by atoms with E-state index in [0.717, 1.165) is 46.6 Å². The number of aromatic amines is 1. The first kappa shape index (κ1) is 47.0. The molecule has 7 rings (SSSR count). The summed E-state index contributed by atoms with van der Waals surface area (Å²) in [6.07, 6.45) is 0.912. The summed E-state index contributed by atoms with van der Waals surface area (Å²) in [5, 5.41) is 31.1. The van der Waals surface area contributed by atoms with E-state index in [4.69, 9.17) is 9.47 Å². The first-order chi connectivity index (χ1) is 31.9. The lowest BCUT2D eigenvalue weighted by molar-refractivity contribution is -0.120. The number of amides is 3. The summed E-state index contributed by atoms with van der Waals surface area (Å²) in [7, 11) is 3.37. The number of methoxy groups -OCH3 is 1. The molecule has 0 radical (unpaired) electrons. The Bertz CT molecular complexity index is 2660. The molecule has 0 spiro atoms. The highest BCUT2D eigenvalue weighted by atomic mass is 16.6. The second-order valence-corrected chi connectivity index (χ2v) is 16.8. The van der Waals surface area contributed by atoms with Gasteiger partial charge in [-0.3, -0.25) is 19.7 Å². The highest BCUT2D eigenvalue weighted by Crippen LogP contribution is 2.30. The van der Waals surface area contributed by atoms with Crippen molar-refractivity contribution in [2.75, 3.05) is 50.6 Å². The predicted octanol–water partition coefficient (Wildman–Crippen LogP) is 7.09. The maximum Gasteiger partial charge on any atom is 0.411 e. The molecule has 2 heterocycles. The minimum atomic E-state index is -0.898. The number of nitrogens with one attached hydrogen (secondary N) is 4. The number of ether oxygens (including phenoxy) is 2. The van der Waals surface area contributed by atoms with Crippen LogP contribution in [-0.4, -0.2) is 90.5 Å². The van der Waals surface area contributed by atoms with Gasteiger partial charge in [-0.15, -0.1) is 0 Å². The number of hydrogen-bond donors (Lipinski definition) is 6. The van der Waals surface area contributed by atoms with Crippen molar-refractivity contribution in [3.63, 3.8) is 0 Å². The Morgan fingerprint density at radius 1 is 0.894 bits per heavy atom. The van der Waals surface area contributed by atoms with Crippen LogP contribution in [0.15, 0.2) is 126 Å². The molecule has 3 amide bonds. The number of rotatable bonds is 18. The summed E-state index contributed by atoms with van der Waals surface area (Å²) in [4.78, 5) is 57.4. The number of benzene rings is 5. The van der Waals surface area contributed by atoms with Crippen molar-refractivity contribution in [3.05, 3.63) is 154 Å². The number of carbonyl (C=O) groups excluding carboxylic acids is 3. The molecule has 0 unspecified atom stereocenters. The van der Waals surface area contributed by atoms with Gasteiger partial charge >= 0.3 is 6.09 Å². The average molecular weight is 895 g/mol. The number of anilines is 2. The molecular weight excluding hydrogens is 837 g/mol. The second-order valence-electron chi connectivity index (χ2n) is 16.8. The van der Waals surface area contributed by atoms with E-state index in [1.165, 1.54) is 12.1 Å². The van der Waals surface area contributed by atoms with Crippen LogP contribution in [0.5, 0.6) is 11.5 Å². The third kappa shape index (κ3) is 12.4. The van der Waals surface area contributed by atoms with E-state index < -0.39 is 12.2 Å².